The molecule has 0 saturated carbocycles. The maximum absolute atomic E-state index is 12.0. The third-order valence-electron chi connectivity index (χ3n) is 3.43. The second-order valence-electron chi connectivity index (χ2n) is 4.94. The van der Waals surface area contributed by atoms with E-state index in [0.717, 1.165) is 30.8 Å². The van der Waals surface area contributed by atoms with Crippen LogP contribution in [0.5, 0.6) is 0 Å². The van der Waals surface area contributed by atoms with Crippen molar-refractivity contribution in [2.75, 3.05) is 26.7 Å². The third-order valence-corrected chi connectivity index (χ3v) is 3.43. The molecule has 92 valence electrons. The SMILES string of the molecule is Cc1ccccc1C(=O)NCC1CCN(C)C1. The smallest absolute Gasteiger partial charge is 0.251 e. The summed E-state index contributed by atoms with van der Waals surface area (Å²) >= 11 is 0. The van der Waals surface area contributed by atoms with Gasteiger partial charge < -0.3 is 10.2 Å². The number of carbonyl (C=O) groups excluding carboxylic acids is 1. The predicted molar refractivity (Wildman–Crippen MR) is 69.1 cm³/mol. The van der Waals surface area contributed by atoms with Crippen LogP contribution in [0, 0.1) is 12.8 Å². The van der Waals surface area contributed by atoms with E-state index in [9.17, 15) is 4.79 Å². The molecule has 0 spiro atoms. The number of amides is 1. The molecular formula is C14H20N2O. The summed E-state index contributed by atoms with van der Waals surface area (Å²) in [6.07, 6.45) is 1.19. The summed E-state index contributed by atoms with van der Waals surface area (Å²) in [5.41, 5.74) is 1.83. The van der Waals surface area contributed by atoms with Crippen LogP contribution < -0.4 is 5.32 Å². The molecule has 1 aromatic carbocycles. The molecule has 2 rings (SSSR count). The van der Waals surface area contributed by atoms with Gasteiger partial charge in [0.25, 0.3) is 5.91 Å². The first-order valence-corrected chi connectivity index (χ1v) is 6.19. The van der Waals surface area contributed by atoms with Crippen LogP contribution in [0.3, 0.4) is 0 Å². The lowest BCUT2D eigenvalue weighted by Crippen LogP contribution is -2.30. The molecule has 3 nitrogen and oxygen atoms in total. The fourth-order valence-corrected chi connectivity index (χ4v) is 2.35. The maximum atomic E-state index is 12.0. The van der Waals surface area contributed by atoms with Crippen molar-refractivity contribution in [1.29, 1.82) is 0 Å². The fourth-order valence-electron chi connectivity index (χ4n) is 2.35. The van der Waals surface area contributed by atoms with Gasteiger partial charge in [0.1, 0.15) is 0 Å². The van der Waals surface area contributed by atoms with Gasteiger partial charge in [0.15, 0.2) is 0 Å². The molecule has 3 heteroatoms. The second kappa shape index (κ2) is 5.32. The number of benzene rings is 1. The van der Waals surface area contributed by atoms with Gasteiger partial charge in [0.2, 0.25) is 0 Å². The Morgan fingerprint density at radius 3 is 2.88 bits per heavy atom. The van der Waals surface area contributed by atoms with E-state index in [2.05, 4.69) is 17.3 Å². The van der Waals surface area contributed by atoms with E-state index in [4.69, 9.17) is 0 Å². The highest BCUT2D eigenvalue weighted by Crippen LogP contribution is 2.13. The third kappa shape index (κ3) is 3.07. The van der Waals surface area contributed by atoms with Gasteiger partial charge >= 0.3 is 0 Å². The Kier molecular flexibility index (Phi) is 3.79. The molecule has 1 N–H and O–H groups in total. The zero-order valence-corrected chi connectivity index (χ0v) is 10.6. The highest BCUT2D eigenvalue weighted by Gasteiger charge is 2.20. The van der Waals surface area contributed by atoms with E-state index in [1.54, 1.807) is 0 Å². The van der Waals surface area contributed by atoms with E-state index in [1.807, 2.05) is 31.2 Å². The molecule has 1 atom stereocenters. The van der Waals surface area contributed by atoms with Crippen LogP contribution in [0.1, 0.15) is 22.3 Å². The van der Waals surface area contributed by atoms with Gasteiger partial charge in [0, 0.05) is 18.7 Å². The number of nitrogens with one attached hydrogen (secondary N) is 1. The first kappa shape index (κ1) is 12.1. The van der Waals surface area contributed by atoms with E-state index < -0.39 is 0 Å². The van der Waals surface area contributed by atoms with Gasteiger partial charge in [-0.05, 0) is 44.5 Å². The monoisotopic (exact) mass is 232 g/mol. The van der Waals surface area contributed by atoms with Crippen LogP contribution in [0.4, 0.5) is 0 Å². The van der Waals surface area contributed by atoms with Gasteiger partial charge in [-0.1, -0.05) is 18.2 Å². The maximum Gasteiger partial charge on any atom is 0.251 e. The Morgan fingerprint density at radius 1 is 1.47 bits per heavy atom. The van der Waals surface area contributed by atoms with Crippen LogP contribution in [-0.4, -0.2) is 37.5 Å². The van der Waals surface area contributed by atoms with Crippen LogP contribution in [0.25, 0.3) is 0 Å². The Morgan fingerprint density at radius 2 is 2.24 bits per heavy atom. The number of hydrogen-bond acceptors (Lipinski definition) is 2. The normalized spacial score (nSPS) is 20.5. The summed E-state index contributed by atoms with van der Waals surface area (Å²) in [4.78, 5) is 14.3. The molecule has 0 aromatic heterocycles. The van der Waals surface area contributed by atoms with Crippen molar-refractivity contribution in [3.8, 4) is 0 Å². The first-order valence-electron chi connectivity index (χ1n) is 6.19. The summed E-state index contributed by atoms with van der Waals surface area (Å²) in [7, 11) is 2.13. The number of likely N-dealkylation sites (tertiary alicyclic amines) is 1. The lowest BCUT2D eigenvalue weighted by Gasteiger charge is -2.12. The fraction of sp³-hybridized carbons (Fsp3) is 0.500. The average Bonchev–Trinajstić information content (AvgIpc) is 2.73. The van der Waals surface area contributed by atoms with E-state index in [-0.39, 0.29) is 5.91 Å². The molecule has 1 heterocycles. The van der Waals surface area contributed by atoms with Crippen molar-refractivity contribution in [2.24, 2.45) is 5.92 Å². The Labute approximate surface area is 103 Å². The van der Waals surface area contributed by atoms with E-state index in [1.165, 1.54) is 6.42 Å². The van der Waals surface area contributed by atoms with Crippen LogP contribution in [-0.2, 0) is 0 Å². The van der Waals surface area contributed by atoms with Gasteiger partial charge in [-0.2, -0.15) is 0 Å². The average molecular weight is 232 g/mol. The highest BCUT2D eigenvalue weighted by atomic mass is 16.1. The Hall–Kier alpha value is -1.35. The zero-order chi connectivity index (χ0) is 12.3. The minimum absolute atomic E-state index is 0.0534. The van der Waals surface area contributed by atoms with Crippen LogP contribution in [0.15, 0.2) is 24.3 Å². The highest BCUT2D eigenvalue weighted by molar-refractivity contribution is 5.95. The topological polar surface area (TPSA) is 32.3 Å². The van der Waals surface area contributed by atoms with E-state index >= 15 is 0 Å². The van der Waals surface area contributed by atoms with Crippen LogP contribution >= 0.6 is 0 Å². The van der Waals surface area contributed by atoms with Crippen LogP contribution in [0.2, 0.25) is 0 Å². The molecule has 1 unspecified atom stereocenters. The van der Waals surface area contributed by atoms with Gasteiger partial charge in [-0.25, -0.2) is 0 Å². The number of rotatable bonds is 3. The minimum atomic E-state index is 0.0534. The minimum Gasteiger partial charge on any atom is -0.352 e. The molecular weight excluding hydrogens is 212 g/mol. The molecule has 1 aliphatic heterocycles. The standard InChI is InChI=1S/C14H20N2O/c1-11-5-3-4-6-13(11)14(17)15-9-12-7-8-16(2)10-12/h3-6,12H,7-10H2,1-2H3,(H,15,17). The van der Waals surface area contributed by atoms with Crippen molar-refractivity contribution >= 4 is 5.91 Å². The largest absolute Gasteiger partial charge is 0.352 e. The lowest BCUT2D eigenvalue weighted by molar-refractivity contribution is 0.0947. The Balaban J connectivity index is 1.88. The van der Waals surface area contributed by atoms with E-state index in [0.29, 0.717) is 5.92 Å². The summed E-state index contributed by atoms with van der Waals surface area (Å²) in [5, 5.41) is 3.04. The predicted octanol–water partition coefficient (Wildman–Crippen LogP) is 1.68. The molecule has 0 radical (unpaired) electrons. The van der Waals surface area contributed by atoms with Crippen molar-refractivity contribution in [2.45, 2.75) is 13.3 Å². The number of hydrogen-bond donors (Lipinski definition) is 1. The molecule has 1 saturated heterocycles. The number of aryl methyl sites for hydroxylation is 1. The second-order valence-corrected chi connectivity index (χ2v) is 4.94. The molecule has 0 bridgehead atoms. The van der Waals surface area contributed by atoms with Crippen molar-refractivity contribution in [3.05, 3.63) is 35.4 Å². The summed E-state index contributed by atoms with van der Waals surface area (Å²) < 4.78 is 0. The summed E-state index contributed by atoms with van der Waals surface area (Å²) in [5.74, 6) is 0.658. The molecule has 0 aliphatic carbocycles. The Bertz CT molecular complexity index is 403. The lowest BCUT2D eigenvalue weighted by atomic mass is 10.1. The molecule has 17 heavy (non-hydrogen) atoms. The van der Waals surface area contributed by atoms with Gasteiger partial charge in [-0.3, -0.25) is 4.79 Å². The number of carbonyl (C=O) groups is 1. The van der Waals surface area contributed by atoms with Crippen molar-refractivity contribution in [3.63, 3.8) is 0 Å². The first-order chi connectivity index (χ1) is 8.16. The molecule has 1 aliphatic rings. The van der Waals surface area contributed by atoms with Gasteiger partial charge in [0.05, 0.1) is 0 Å². The van der Waals surface area contributed by atoms with Crippen molar-refractivity contribution < 1.29 is 4.79 Å². The zero-order valence-electron chi connectivity index (χ0n) is 10.6. The molecule has 1 amide bonds. The quantitative estimate of drug-likeness (QED) is 0.860. The van der Waals surface area contributed by atoms with Gasteiger partial charge in [-0.15, -0.1) is 0 Å². The molecule has 1 fully saturated rings. The summed E-state index contributed by atoms with van der Waals surface area (Å²) in [6.45, 7) is 4.99. The van der Waals surface area contributed by atoms with Crippen molar-refractivity contribution in [1.82, 2.24) is 10.2 Å². The summed E-state index contributed by atoms with van der Waals surface area (Å²) in [6, 6.07) is 7.72. The number of nitrogens with zero attached hydrogens (tertiary/aromatic N) is 1. The molecule has 1 aromatic rings.